The summed E-state index contributed by atoms with van der Waals surface area (Å²) in [7, 11) is 3.52. The number of urea groups is 1. The number of likely N-dealkylation sites (tertiary alicyclic amines) is 1. The maximum atomic E-state index is 11.7. The summed E-state index contributed by atoms with van der Waals surface area (Å²) < 4.78 is 11.5. The Morgan fingerprint density at radius 2 is 2.23 bits per heavy atom. The zero-order valence-corrected chi connectivity index (χ0v) is 13.4. The topological polar surface area (TPSA) is 58.0 Å². The van der Waals surface area contributed by atoms with E-state index in [0.717, 1.165) is 44.7 Å². The van der Waals surface area contributed by atoms with Crippen LogP contribution in [0.3, 0.4) is 0 Å². The molecule has 2 fully saturated rings. The van der Waals surface area contributed by atoms with Crippen LogP contribution in [0.25, 0.3) is 0 Å². The third-order valence-corrected chi connectivity index (χ3v) is 4.67. The van der Waals surface area contributed by atoms with Gasteiger partial charge in [0.2, 0.25) is 0 Å². The number of ether oxygens (including phenoxy) is 1. The van der Waals surface area contributed by atoms with Crippen molar-refractivity contribution in [3.05, 3.63) is 24.2 Å². The molecule has 1 atom stereocenters. The fourth-order valence-corrected chi connectivity index (χ4v) is 3.33. The number of furan rings is 1. The number of carbonyl (C=O) groups excluding carboxylic acids is 1. The predicted octanol–water partition coefficient (Wildman–Crippen LogP) is 1.67. The van der Waals surface area contributed by atoms with Crippen LogP contribution in [0.1, 0.15) is 25.0 Å². The molecule has 0 radical (unpaired) electrons. The van der Waals surface area contributed by atoms with Crippen molar-refractivity contribution in [1.29, 1.82) is 0 Å². The van der Waals surface area contributed by atoms with E-state index in [-0.39, 0.29) is 17.7 Å². The quantitative estimate of drug-likeness (QED) is 0.923. The Kier molecular flexibility index (Phi) is 4.40. The Morgan fingerprint density at radius 3 is 2.86 bits per heavy atom. The molecule has 6 nitrogen and oxygen atoms in total. The van der Waals surface area contributed by atoms with Crippen molar-refractivity contribution in [3.8, 4) is 0 Å². The maximum absolute atomic E-state index is 11.7. The molecule has 0 unspecified atom stereocenters. The Hall–Kier alpha value is -1.53. The van der Waals surface area contributed by atoms with E-state index in [9.17, 15) is 4.79 Å². The second-order valence-corrected chi connectivity index (χ2v) is 6.59. The van der Waals surface area contributed by atoms with E-state index in [1.165, 1.54) is 0 Å². The zero-order chi connectivity index (χ0) is 15.6. The van der Waals surface area contributed by atoms with Crippen LogP contribution < -0.4 is 5.32 Å². The smallest absolute Gasteiger partial charge is 0.317 e. The standard InChI is InChI=1S/C16H25N3O3/c1-18(2)15(20)17-13-10-16(22-12-13)5-7-19(8-6-16)11-14-4-3-9-21-14/h3-4,9,13H,5-8,10-12H2,1-2H3,(H,17,20)/t13-/m0/s1. The van der Waals surface area contributed by atoms with Gasteiger partial charge in [0.15, 0.2) is 0 Å². The van der Waals surface area contributed by atoms with Crippen molar-refractivity contribution < 1.29 is 13.9 Å². The molecule has 1 aromatic heterocycles. The number of nitrogens with zero attached hydrogens (tertiary/aromatic N) is 2. The van der Waals surface area contributed by atoms with E-state index in [4.69, 9.17) is 9.15 Å². The molecule has 0 saturated carbocycles. The third kappa shape index (κ3) is 3.44. The first-order valence-electron chi connectivity index (χ1n) is 7.93. The minimum absolute atomic E-state index is 0.0408. The number of hydrogen-bond acceptors (Lipinski definition) is 4. The van der Waals surface area contributed by atoms with Gasteiger partial charge in [0.25, 0.3) is 0 Å². The van der Waals surface area contributed by atoms with Gasteiger partial charge in [0.05, 0.1) is 31.1 Å². The molecule has 22 heavy (non-hydrogen) atoms. The molecule has 2 amide bonds. The molecule has 1 N–H and O–H groups in total. The highest BCUT2D eigenvalue weighted by Crippen LogP contribution is 2.36. The lowest BCUT2D eigenvalue weighted by molar-refractivity contribution is -0.0457. The van der Waals surface area contributed by atoms with Crippen molar-refractivity contribution in [2.45, 2.75) is 37.5 Å². The molecule has 0 bridgehead atoms. The monoisotopic (exact) mass is 307 g/mol. The molecule has 122 valence electrons. The van der Waals surface area contributed by atoms with Gasteiger partial charge in [-0.05, 0) is 31.4 Å². The second-order valence-electron chi connectivity index (χ2n) is 6.59. The van der Waals surface area contributed by atoms with Crippen LogP contribution in [0.2, 0.25) is 0 Å². The molecule has 0 aromatic carbocycles. The van der Waals surface area contributed by atoms with E-state index >= 15 is 0 Å². The number of piperidine rings is 1. The maximum Gasteiger partial charge on any atom is 0.317 e. The van der Waals surface area contributed by atoms with Crippen molar-refractivity contribution in [3.63, 3.8) is 0 Å². The molecule has 1 spiro atoms. The minimum atomic E-state index is -0.0517. The van der Waals surface area contributed by atoms with Gasteiger partial charge in [0.1, 0.15) is 5.76 Å². The first kappa shape index (κ1) is 15.4. The van der Waals surface area contributed by atoms with Crippen LogP contribution >= 0.6 is 0 Å². The Bertz CT molecular complexity index is 493. The molecular weight excluding hydrogens is 282 g/mol. The van der Waals surface area contributed by atoms with E-state index < -0.39 is 0 Å². The molecule has 2 aliphatic rings. The van der Waals surface area contributed by atoms with Crippen LogP contribution in [-0.4, -0.2) is 61.3 Å². The number of nitrogens with one attached hydrogen (secondary N) is 1. The van der Waals surface area contributed by atoms with Gasteiger partial charge in [-0.1, -0.05) is 0 Å². The molecule has 2 aliphatic heterocycles. The Labute approximate surface area is 131 Å². The highest BCUT2D eigenvalue weighted by Gasteiger charge is 2.43. The van der Waals surface area contributed by atoms with Crippen molar-refractivity contribution in [2.75, 3.05) is 33.8 Å². The summed E-state index contributed by atoms with van der Waals surface area (Å²) in [5.74, 6) is 1.01. The third-order valence-electron chi connectivity index (χ3n) is 4.67. The molecular formula is C16H25N3O3. The van der Waals surface area contributed by atoms with Gasteiger partial charge >= 0.3 is 6.03 Å². The Balaban J connectivity index is 1.47. The van der Waals surface area contributed by atoms with Gasteiger partial charge < -0.3 is 19.4 Å². The summed E-state index contributed by atoms with van der Waals surface area (Å²) in [5.41, 5.74) is -0.0517. The van der Waals surface area contributed by atoms with Crippen molar-refractivity contribution >= 4 is 6.03 Å². The first-order chi connectivity index (χ1) is 10.6. The molecule has 3 rings (SSSR count). The van der Waals surface area contributed by atoms with E-state index in [0.29, 0.717) is 6.61 Å². The zero-order valence-electron chi connectivity index (χ0n) is 13.4. The normalized spacial score (nSPS) is 24.5. The summed E-state index contributed by atoms with van der Waals surface area (Å²) in [6.07, 6.45) is 4.67. The average Bonchev–Trinajstić information content (AvgIpc) is 3.12. The van der Waals surface area contributed by atoms with Crippen LogP contribution in [0.15, 0.2) is 22.8 Å². The van der Waals surface area contributed by atoms with E-state index in [1.54, 1.807) is 25.3 Å². The van der Waals surface area contributed by atoms with Gasteiger partial charge in [-0.15, -0.1) is 0 Å². The molecule has 6 heteroatoms. The predicted molar refractivity (Wildman–Crippen MR) is 82.5 cm³/mol. The molecule has 2 saturated heterocycles. The minimum Gasteiger partial charge on any atom is -0.468 e. The van der Waals surface area contributed by atoms with Crippen molar-refractivity contribution in [2.24, 2.45) is 0 Å². The SMILES string of the molecule is CN(C)C(=O)N[C@@H]1COC2(CCN(Cc3ccco3)CC2)C1. The van der Waals surface area contributed by atoms with Gasteiger partial charge in [-0.3, -0.25) is 4.90 Å². The first-order valence-corrected chi connectivity index (χ1v) is 7.93. The number of carbonyl (C=O) groups is 1. The lowest BCUT2D eigenvalue weighted by Gasteiger charge is -2.38. The number of rotatable bonds is 3. The average molecular weight is 307 g/mol. The summed E-state index contributed by atoms with van der Waals surface area (Å²) in [4.78, 5) is 15.7. The fourth-order valence-electron chi connectivity index (χ4n) is 3.33. The van der Waals surface area contributed by atoms with Crippen LogP contribution in [0.4, 0.5) is 4.79 Å². The Morgan fingerprint density at radius 1 is 1.45 bits per heavy atom. The fraction of sp³-hybridized carbons (Fsp3) is 0.688. The molecule has 1 aromatic rings. The molecule has 0 aliphatic carbocycles. The summed E-state index contributed by atoms with van der Waals surface area (Å²) in [6.45, 7) is 3.51. The number of amides is 2. The highest BCUT2D eigenvalue weighted by atomic mass is 16.5. The lowest BCUT2D eigenvalue weighted by Crippen LogP contribution is -2.45. The second kappa shape index (κ2) is 6.30. The summed E-state index contributed by atoms with van der Waals surface area (Å²) in [5, 5.41) is 3.03. The van der Waals surface area contributed by atoms with Gasteiger partial charge in [-0.2, -0.15) is 0 Å². The van der Waals surface area contributed by atoms with Crippen LogP contribution in [0.5, 0.6) is 0 Å². The van der Waals surface area contributed by atoms with Gasteiger partial charge in [0, 0.05) is 27.2 Å². The van der Waals surface area contributed by atoms with Crippen LogP contribution in [-0.2, 0) is 11.3 Å². The molecule has 3 heterocycles. The van der Waals surface area contributed by atoms with Crippen molar-refractivity contribution in [1.82, 2.24) is 15.1 Å². The lowest BCUT2D eigenvalue weighted by atomic mass is 9.87. The summed E-state index contributed by atoms with van der Waals surface area (Å²) in [6, 6.07) is 4.04. The van der Waals surface area contributed by atoms with Crippen LogP contribution in [0, 0.1) is 0 Å². The largest absolute Gasteiger partial charge is 0.468 e. The highest BCUT2D eigenvalue weighted by molar-refractivity contribution is 5.73. The summed E-state index contributed by atoms with van der Waals surface area (Å²) >= 11 is 0. The number of hydrogen-bond donors (Lipinski definition) is 1. The van der Waals surface area contributed by atoms with E-state index in [1.807, 2.05) is 12.1 Å². The van der Waals surface area contributed by atoms with Gasteiger partial charge in [-0.25, -0.2) is 4.79 Å². The van der Waals surface area contributed by atoms with E-state index in [2.05, 4.69) is 10.2 Å².